The Morgan fingerprint density at radius 2 is 2.05 bits per heavy atom. The number of hydrogen-bond donors (Lipinski definition) is 1. The van der Waals surface area contributed by atoms with E-state index in [1.165, 1.54) is 11.1 Å². The zero-order valence-corrected chi connectivity index (χ0v) is 12.3. The Kier molecular flexibility index (Phi) is 3.90. The van der Waals surface area contributed by atoms with E-state index in [1.54, 1.807) is 0 Å². The van der Waals surface area contributed by atoms with E-state index < -0.39 is 5.41 Å². The summed E-state index contributed by atoms with van der Waals surface area (Å²) < 4.78 is 0. The van der Waals surface area contributed by atoms with Gasteiger partial charge in [-0.15, -0.1) is 0 Å². The van der Waals surface area contributed by atoms with Crippen LogP contribution in [0.1, 0.15) is 31.4 Å². The van der Waals surface area contributed by atoms with Gasteiger partial charge in [0.2, 0.25) is 5.91 Å². The Bertz CT molecular complexity index is 515. The lowest BCUT2D eigenvalue weighted by Crippen LogP contribution is -2.49. The van der Waals surface area contributed by atoms with E-state index >= 15 is 0 Å². The summed E-state index contributed by atoms with van der Waals surface area (Å²) in [6, 6.07) is 8.27. The predicted molar refractivity (Wildman–Crippen MR) is 80.7 cm³/mol. The van der Waals surface area contributed by atoms with Crippen molar-refractivity contribution < 1.29 is 4.79 Å². The number of hydrogen-bond acceptors (Lipinski definition) is 2. The van der Waals surface area contributed by atoms with Crippen molar-refractivity contribution in [3.8, 4) is 0 Å². The minimum Gasteiger partial charge on any atom is -0.392 e. The molecule has 0 saturated heterocycles. The van der Waals surface area contributed by atoms with E-state index in [1.807, 2.05) is 30.9 Å². The molecule has 1 amide bonds. The third-order valence-electron chi connectivity index (χ3n) is 4.14. The number of nitrogens with two attached hydrogens (primary N) is 1. The SMILES string of the molecule is CCC(C)(C(=O)N1CCc2ccccc2C1)C(N)=S. The summed E-state index contributed by atoms with van der Waals surface area (Å²) in [5.74, 6) is 0.0528. The van der Waals surface area contributed by atoms with Crippen LogP contribution in [0, 0.1) is 5.41 Å². The van der Waals surface area contributed by atoms with Crippen LogP contribution in [0.3, 0.4) is 0 Å². The van der Waals surface area contributed by atoms with Crippen molar-refractivity contribution in [3.63, 3.8) is 0 Å². The summed E-state index contributed by atoms with van der Waals surface area (Å²) in [7, 11) is 0. The van der Waals surface area contributed by atoms with Gasteiger partial charge in [-0.05, 0) is 30.9 Å². The summed E-state index contributed by atoms with van der Waals surface area (Å²) in [5.41, 5.74) is 7.61. The molecule has 0 aliphatic carbocycles. The molecule has 0 aromatic heterocycles. The number of benzene rings is 1. The topological polar surface area (TPSA) is 46.3 Å². The van der Waals surface area contributed by atoms with Gasteiger partial charge in [0.05, 0.1) is 10.4 Å². The van der Waals surface area contributed by atoms with Gasteiger partial charge < -0.3 is 10.6 Å². The second-order valence-corrected chi connectivity index (χ2v) is 5.74. The molecule has 0 saturated carbocycles. The second-order valence-electron chi connectivity index (χ2n) is 5.30. The molecule has 1 unspecified atom stereocenters. The quantitative estimate of drug-likeness (QED) is 0.862. The summed E-state index contributed by atoms with van der Waals surface area (Å²) >= 11 is 5.08. The molecule has 4 heteroatoms. The lowest BCUT2D eigenvalue weighted by molar-refractivity contribution is -0.138. The molecule has 1 aromatic carbocycles. The van der Waals surface area contributed by atoms with E-state index in [-0.39, 0.29) is 5.91 Å². The Labute approximate surface area is 119 Å². The molecule has 102 valence electrons. The minimum atomic E-state index is -0.721. The highest BCUT2D eigenvalue weighted by Gasteiger charge is 2.38. The Balaban J connectivity index is 2.21. The molecule has 0 bridgehead atoms. The van der Waals surface area contributed by atoms with Crippen molar-refractivity contribution in [2.45, 2.75) is 33.2 Å². The fourth-order valence-corrected chi connectivity index (χ4v) is 2.68. The Morgan fingerprint density at radius 1 is 1.42 bits per heavy atom. The highest BCUT2D eigenvalue weighted by Crippen LogP contribution is 2.28. The van der Waals surface area contributed by atoms with E-state index in [9.17, 15) is 4.79 Å². The van der Waals surface area contributed by atoms with Crippen molar-refractivity contribution in [2.24, 2.45) is 11.1 Å². The fraction of sp³-hybridized carbons (Fsp3) is 0.467. The molecule has 2 rings (SSSR count). The lowest BCUT2D eigenvalue weighted by atomic mass is 9.85. The summed E-state index contributed by atoms with van der Waals surface area (Å²) in [6.07, 6.45) is 1.54. The van der Waals surface area contributed by atoms with Gasteiger partial charge in [0, 0.05) is 13.1 Å². The predicted octanol–water partition coefficient (Wildman–Crippen LogP) is 2.27. The van der Waals surface area contributed by atoms with E-state index in [0.29, 0.717) is 18.0 Å². The van der Waals surface area contributed by atoms with Gasteiger partial charge in [-0.3, -0.25) is 4.79 Å². The normalized spacial score (nSPS) is 17.5. The minimum absolute atomic E-state index is 0.0528. The van der Waals surface area contributed by atoms with Crippen molar-refractivity contribution in [2.75, 3.05) is 6.54 Å². The average molecular weight is 276 g/mol. The Hall–Kier alpha value is -1.42. The van der Waals surface area contributed by atoms with Gasteiger partial charge in [0.15, 0.2) is 0 Å². The molecular weight excluding hydrogens is 256 g/mol. The number of fused-ring (bicyclic) bond motifs is 1. The lowest BCUT2D eigenvalue weighted by Gasteiger charge is -2.36. The first-order valence-electron chi connectivity index (χ1n) is 6.65. The van der Waals surface area contributed by atoms with Crippen molar-refractivity contribution in [1.82, 2.24) is 4.90 Å². The van der Waals surface area contributed by atoms with Gasteiger partial charge in [0.25, 0.3) is 0 Å². The van der Waals surface area contributed by atoms with Crippen molar-refractivity contribution in [1.29, 1.82) is 0 Å². The van der Waals surface area contributed by atoms with Crippen LogP contribution < -0.4 is 5.73 Å². The standard InChI is InChI=1S/C15H20N2OS/c1-3-15(2,13(16)19)14(18)17-9-8-11-6-4-5-7-12(11)10-17/h4-7H,3,8-10H2,1-2H3,(H2,16,19). The number of carbonyl (C=O) groups excluding carboxylic acids is 1. The molecule has 0 radical (unpaired) electrons. The van der Waals surface area contributed by atoms with Gasteiger partial charge in [-0.25, -0.2) is 0 Å². The number of amides is 1. The maximum Gasteiger partial charge on any atom is 0.235 e. The second kappa shape index (κ2) is 5.29. The molecular formula is C15H20N2OS. The molecule has 1 aromatic rings. The molecule has 3 nitrogen and oxygen atoms in total. The van der Waals surface area contributed by atoms with Crippen LogP contribution in [0.25, 0.3) is 0 Å². The van der Waals surface area contributed by atoms with E-state index in [4.69, 9.17) is 18.0 Å². The van der Waals surface area contributed by atoms with Crippen LogP contribution in [-0.4, -0.2) is 22.3 Å². The summed E-state index contributed by atoms with van der Waals surface area (Å²) in [5, 5.41) is 0. The van der Waals surface area contributed by atoms with Gasteiger partial charge in [0.1, 0.15) is 0 Å². The largest absolute Gasteiger partial charge is 0.392 e. The smallest absolute Gasteiger partial charge is 0.235 e. The van der Waals surface area contributed by atoms with Crippen molar-refractivity contribution in [3.05, 3.63) is 35.4 Å². The number of carbonyl (C=O) groups is 1. The highest BCUT2D eigenvalue weighted by molar-refractivity contribution is 7.80. The number of rotatable bonds is 3. The van der Waals surface area contributed by atoms with Gasteiger partial charge in [-0.1, -0.05) is 43.4 Å². The number of thiocarbonyl (C=S) groups is 1. The molecule has 1 aliphatic heterocycles. The molecule has 1 atom stereocenters. The van der Waals surface area contributed by atoms with E-state index in [2.05, 4.69) is 12.1 Å². The first-order valence-corrected chi connectivity index (χ1v) is 7.06. The monoisotopic (exact) mass is 276 g/mol. The van der Waals surface area contributed by atoms with Gasteiger partial charge >= 0.3 is 0 Å². The van der Waals surface area contributed by atoms with Crippen LogP contribution in [0.4, 0.5) is 0 Å². The first-order chi connectivity index (χ1) is 8.99. The van der Waals surface area contributed by atoms with Gasteiger partial charge in [-0.2, -0.15) is 0 Å². The molecule has 1 aliphatic rings. The van der Waals surface area contributed by atoms with E-state index in [0.717, 1.165) is 13.0 Å². The van der Waals surface area contributed by atoms with Crippen LogP contribution in [-0.2, 0) is 17.8 Å². The fourth-order valence-electron chi connectivity index (χ4n) is 2.45. The Morgan fingerprint density at radius 3 is 2.63 bits per heavy atom. The zero-order chi connectivity index (χ0) is 14.0. The highest BCUT2D eigenvalue weighted by atomic mass is 32.1. The first kappa shape index (κ1) is 14.0. The third-order valence-corrected chi connectivity index (χ3v) is 4.59. The molecule has 19 heavy (non-hydrogen) atoms. The third kappa shape index (κ3) is 2.50. The summed E-state index contributed by atoms with van der Waals surface area (Å²) in [4.78, 5) is 14.8. The zero-order valence-electron chi connectivity index (χ0n) is 11.5. The molecule has 0 fully saturated rings. The van der Waals surface area contributed by atoms with Crippen LogP contribution in [0.5, 0.6) is 0 Å². The summed E-state index contributed by atoms with van der Waals surface area (Å²) in [6.45, 7) is 5.20. The number of nitrogens with zero attached hydrogens (tertiary/aromatic N) is 1. The van der Waals surface area contributed by atoms with Crippen LogP contribution >= 0.6 is 12.2 Å². The maximum absolute atomic E-state index is 12.7. The maximum atomic E-state index is 12.7. The molecule has 2 N–H and O–H groups in total. The molecule has 0 spiro atoms. The van der Waals surface area contributed by atoms with Crippen LogP contribution in [0.15, 0.2) is 24.3 Å². The average Bonchev–Trinajstić information content (AvgIpc) is 2.44. The van der Waals surface area contributed by atoms with Crippen LogP contribution in [0.2, 0.25) is 0 Å². The van der Waals surface area contributed by atoms with Crippen molar-refractivity contribution >= 4 is 23.1 Å². The molecule has 1 heterocycles.